The fourth-order valence-electron chi connectivity index (χ4n) is 7.26. The van der Waals surface area contributed by atoms with Gasteiger partial charge in [-0.25, -0.2) is 14.4 Å². The van der Waals surface area contributed by atoms with Gasteiger partial charge in [-0.1, -0.05) is 13.0 Å². The lowest BCUT2D eigenvalue weighted by molar-refractivity contribution is -0.184. The Morgan fingerprint density at radius 3 is 2.41 bits per heavy atom. The molecule has 0 saturated heterocycles. The Hall–Kier alpha value is -4.17. The van der Waals surface area contributed by atoms with Crippen molar-refractivity contribution in [3.05, 3.63) is 35.1 Å². The van der Waals surface area contributed by atoms with E-state index >= 15 is 0 Å². The molecule has 14 heteroatoms. The van der Waals surface area contributed by atoms with Gasteiger partial charge in [-0.2, -0.15) is 0 Å². The summed E-state index contributed by atoms with van der Waals surface area (Å²) in [5, 5.41) is 40.1. The van der Waals surface area contributed by atoms with Crippen molar-refractivity contribution in [2.24, 2.45) is 11.8 Å². The van der Waals surface area contributed by atoms with Crippen LogP contribution in [0.2, 0.25) is 0 Å². The molecule has 8 atom stereocenters. The molecule has 4 N–H and O–H groups in total. The molecule has 238 valence electrons. The minimum absolute atomic E-state index is 0.0716. The third kappa shape index (κ3) is 4.95. The molecule has 3 aliphatic carbocycles. The number of aliphatic hydroxyl groups excluding tert-OH is 1. The molecule has 2 bridgehead atoms. The van der Waals surface area contributed by atoms with E-state index < -0.39 is 78.1 Å². The second-order valence-corrected chi connectivity index (χ2v) is 11.8. The number of carboxylic acids is 2. The van der Waals surface area contributed by atoms with Gasteiger partial charge in [0.15, 0.2) is 17.6 Å². The van der Waals surface area contributed by atoms with Crippen LogP contribution < -0.4 is 9.47 Å². The van der Waals surface area contributed by atoms with Gasteiger partial charge in [0.1, 0.15) is 11.9 Å². The van der Waals surface area contributed by atoms with Crippen molar-refractivity contribution in [1.82, 2.24) is 0 Å². The van der Waals surface area contributed by atoms with Gasteiger partial charge in [0, 0.05) is 5.56 Å². The normalized spacial score (nSPS) is 29.5. The van der Waals surface area contributed by atoms with Crippen LogP contribution in [0.25, 0.3) is 0 Å². The Morgan fingerprint density at radius 1 is 1.07 bits per heavy atom. The Balaban J connectivity index is 1.42. The van der Waals surface area contributed by atoms with Crippen molar-refractivity contribution in [2.45, 2.75) is 87.8 Å². The van der Waals surface area contributed by atoms with Gasteiger partial charge in [0.2, 0.25) is 12.2 Å². The number of aliphatic hydroxyl groups is 2. The molecule has 0 aromatic heterocycles. The van der Waals surface area contributed by atoms with Gasteiger partial charge in [-0.05, 0) is 62.1 Å². The molecule has 44 heavy (non-hydrogen) atoms. The molecule has 0 amide bonds. The summed E-state index contributed by atoms with van der Waals surface area (Å²) in [5.74, 6) is -6.17. The fraction of sp³-hybridized carbons (Fsp3) is 0.567. The number of carbonyl (C=O) groups excluding carboxylic acids is 3. The van der Waals surface area contributed by atoms with Crippen molar-refractivity contribution in [3.8, 4) is 11.5 Å². The summed E-state index contributed by atoms with van der Waals surface area (Å²) in [7, 11) is 1.50. The first-order valence-electron chi connectivity index (χ1n) is 14.3. The molecular weight excluding hydrogens is 584 g/mol. The molecule has 1 saturated carbocycles. The van der Waals surface area contributed by atoms with Crippen LogP contribution in [0, 0.1) is 11.8 Å². The van der Waals surface area contributed by atoms with Crippen LogP contribution in [-0.4, -0.2) is 87.4 Å². The van der Waals surface area contributed by atoms with E-state index in [9.17, 15) is 39.3 Å². The second kappa shape index (κ2) is 11.4. The summed E-state index contributed by atoms with van der Waals surface area (Å²) >= 11 is 0. The van der Waals surface area contributed by atoms with Gasteiger partial charge in [0.25, 0.3) is 0 Å². The van der Waals surface area contributed by atoms with Crippen molar-refractivity contribution < 1.29 is 68.1 Å². The van der Waals surface area contributed by atoms with Crippen molar-refractivity contribution in [1.29, 1.82) is 0 Å². The lowest BCUT2D eigenvalue weighted by atomic mass is 9.45. The van der Waals surface area contributed by atoms with Gasteiger partial charge < -0.3 is 44.1 Å². The number of hydrogen-bond acceptors (Lipinski definition) is 12. The predicted molar refractivity (Wildman–Crippen MR) is 144 cm³/mol. The number of carbonyl (C=O) groups is 5. The summed E-state index contributed by atoms with van der Waals surface area (Å²) in [6, 6.07) is 3.75. The number of aliphatic carboxylic acids is 2. The van der Waals surface area contributed by atoms with Crippen LogP contribution in [0.3, 0.4) is 0 Å². The van der Waals surface area contributed by atoms with Crippen LogP contribution in [0.5, 0.6) is 11.5 Å². The number of hydrogen-bond donors (Lipinski definition) is 4. The number of carboxylic acid groups (broad SMARTS) is 2. The van der Waals surface area contributed by atoms with E-state index in [0.29, 0.717) is 24.3 Å². The van der Waals surface area contributed by atoms with Crippen LogP contribution >= 0.6 is 0 Å². The zero-order valence-corrected chi connectivity index (χ0v) is 24.3. The van der Waals surface area contributed by atoms with E-state index in [1.807, 2.05) is 6.07 Å². The second-order valence-electron chi connectivity index (χ2n) is 11.8. The van der Waals surface area contributed by atoms with Gasteiger partial charge in [-0.3, -0.25) is 9.59 Å². The van der Waals surface area contributed by atoms with Crippen molar-refractivity contribution in [2.75, 3.05) is 7.11 Å². The Bertz CT molecular complexity index is 1430. The van der Waals surface area contributed by atoms with Crippen LogP contribution in [-0.2, 0) is 50.0 Å². The zero-order chi connectivity index (χ0) is 32.1. The Morgan fingerprint density at radius 2 is 1.77 bits per heavy atom. The molecule has 4 aliphatic rings. The number of benzene rings is 1. The van der Waals surface area contributed by atoms with Crippen LogP contribution in [0.1, 0.15) is 57.1 Å². The zero-order valence-electron chi connectivity index (χ0n) is 24.3. The molecule has 1 spiro atoms. The maximum absolute atomic E-state index is 13.2. The number of esters is 3. The maximum atomic E-state index is 13.2. The molecule has 1 heterocycles. The van der Waals surface area contributed by atoms with E-state index in [0.717, 1.165) is 24.5 Å². The SMILES string of the molecule is COc1ccc2c3c1O[C@H]1C(OC(=O)C[C@H](OC(=O)[C@H](C)O)C(=O)O[C@H](CC(=O)O)C(=O)O)=CC[C@@]4(O)[C@@H](C2)C(C)CC[C@]314. The molecular formula is C30H34O14. The standard InChI is InChI=1S/C30H34O14/c1-13-6-8-29-23-15-4-5-17(40-3)24(23)44-25(29)18(7-9-30(29,39)16(13)10-15)41-22(34)12-20(43-27(37)14(2)31)28(38)42-19(26(35)36)11-21(32)33/h4-5,7,13-14,16,19-20,25,31,39H,6,8-12H2,1-3H3,(H,32,33)(H,35,36)/t13?,14-,16-,19+,20-,25-,29-,30+/m0/s1. The summed E-state index contributed by atoms with van der Waals surface area (Å²) in [5.41, 5.74) is -0.321. The van der Waals surface area contributed by atoms with E-state index in [1.54, 1.807) is 12.1 Å². The molecule has 0 radical (unpaired) electrons. The fourth-order valence-corrected chi connectivity index (χ4v) is 7.26. The molecule has 1 fully saturated rings. The summed E-state index contributed by atoms with van der Waals surface area (Å²) < 4.78 is 27.3. The predicted octanol–water partition coefficient (Wildman–Crippen LogP) is 1.01. The average Bonchev–Trinajstić information content (AvgIpc) is 3.31. The van der Waals surface area contributed by atoms with E-state index in [-0.39, 0.29) is 24.0 Å². The Labute approximate surface area is 251 Å². The first-order valence-corrected chi connectivity index (χ1v) is 14.3. The quantitative estimate of drug-likeness (QED) is 0.201. The highest BCUT2D eigenvalue weighted by Gasteiger charge is 2.72. The van der Waals surface area contributed by atoms with Crippen molar-refractivity contribution in [3.63, 3.8) is 0 Å². The van der Waals surface area contributed by atoms with Crippen LogP contribution in [0.4, 0.5) is 0 Å². The van der Waals surface area contributed by atoms with E-state index in [1.165, 1.54) is 7.11 Å². The first-order chi connectivity index (χ1) is 20.7. The molecule has 1 aromatic rings. The summed E-state index contributed by atoms with van der Waals surface area (Å²) in [4.78, 5) is 60.6. The summed E-state index contributed by atoms with van der Waals surface area (Å²) in [6.45, 7) is 3.15. The highest BCUT2D eigenvalue weighted by atomic mass is 16.6. The summed E-state index contributed by atoms with van der Waals surface area (Å²) in [6.07, 6.45) is -5.21. The smallest absolute Gasteiger partial charge is 0.348 e. The maximum Gasteiger partial charge on any atom is 0.348 e. The highest BCUT2D eigenvalue weighted by Crippen LogP contribution is 2.68. The lowest BCUT2D eigenvalue weighted by Gasteiger charge is -2.61. The minimum Gasteiger partial charge on any atom is -0.493 e. The Kier molecular flexibility index (Phi) is 8.10. The van der Waals surface area contributed by atoms with E-state index in [2.05, 4.69) is 6.92 Å². The van der Waals surface area contributed by atoms with Gasteiger partial charge in [-0.15, -0.1) is 0 Å². The third-order valence-electron chi connectivity index (χ3n) is 9.28. The number of ether oxygens (including phenoxy) is 5. The van der Waals surface area contributed by atoms with Gasteiger partial charge >= 0.3 is 29.8 Å². The molecule has 1 unspecified atom stereocenters. The molecule has 1 aromatic carbocycles. The minimum atomic E-state index is -2.14. The van der Waals surface area contributed by atoms with Crippen molar-refractivity contribution >= 4 is 29.8 Å². The molecule has 1 aliphatic heterocycles. The first kappa shape index (κ1) is 31.3. The topological polar surface area (TPSA) is 212 Å². The highest BCUT2D eigenvalue weighted by molar-refractivity contribution is 5.88. The van der Waals surface area contributed by atoms with E-state index in [4.69, 9.17) is 28.8 Å². The third-order valence-corrected chi connectivity index (χ3v) is 9.28. The average molecular weight is 619 g/mol. The van der Waals surface area contributed by atoms with Gasteiger partial charge in [0.05, 0.1) is 31.0 Å². The molecule has 14 nitrogen and oxygen atoms in total. The number of rotatable bonds is 11. The molecule has 5 rings (SSSR count). The number of methoxy groups -OCH3 is 1. The lowest BCUT2D eigenvalue weighted by Crippen LogP contribution is -2.69. The largest absolute Gasteiger partial charge is 0.493 e. The monoisotopic (exact) mass is 618 g/mol. The van der Waals surface area contributed by atoms with Crippen LogP contribution in [0.15, 0.2) is 24.0 Å².